The Morgan fingerprint density at radius 1 is 1.62 bits per heavy atom. The van der Waals surface area contributed by atoms with Crippen LogP contribution in [-0.4, -0.2) is 26.7 Å². The van der Waals surface area contributed by atoms with Gasteiger partial charge in [-0.2, -0.15) is 16.7 Å². The molecule has 0 aliphatic carbocycles. The summed E-state index contributed by atoms with van der Waals surface area (Å²) in [6, 6.07) is 0. The van der Waals surface area contributed by atoms with Gasteiger partial charge in [0.05, 0.1) is 0 Å². The maximum Gasteiger partial charge on any atom is 0.239 e. The Balaban J connectivity index is 2.22. The van der Waals surface area contributed by atoms with Crippen LogP contribution in [0.15, 0.2) is 0 Å². The maximum absolute atomic E-state index is 5.48. The highest BCUT2D eigenvalue weighted by Gasteiger charge is 2.32. The van der Waals surface area contributed by atoms with E-state index in [9.17, 15) is 0 Å². The molecule has 13 heavy (non-hydrogen) atoms. The van der Waals surface area contributed by atoms with Crippen LogP contribution in [0.2, 0.25) is 0 Å². The van der Waals surface area contributed by atoms with Crippen molar-refractivity contribution in [2.24, 2.45) is 0 Å². The second kappa shape index (κ2) is 3.21. The summed E-state index contributed by atoms with van der Waals surface area (Å²) < 4.78 is 0. The Kier molecular flexibility index (Phi) is 2.19. The summed E-state index contributed by atoms with van der Waals surface area (Å²) in [6.07, 6.45) is 2.43. The van der Waals surface area contributed by atoms with Gasteiger partial charge in [0, 0.05) is 11.2 Å². The van der Waals surface area contributed by atoms with Crippen LogP contribution in [0.5, 0.6) is 0 Å². The third-order valence-electron chi connectivity index (χ3n) is 2.51. The van der Waals surface area contributed by atoms with Gasteiger partial charge in [-0.3, -0.25) is 5.10 Å². The first-order valence-electron chi connectivity index (χ1n) is 4.47. The zero-order chi connectivity index (χ0) is 9.31. The van der Waals surface area contributed by atoms with Crippen LogP contribution in [0.3, 0.4) is 0 Å². The molecule has 1 fully saturated rings. The van der Waals surface area contributed by atoms with Crippen molar-refractivity contribution in [2.45, 2.75) is 25.2 Å². The van der Waals surface area contributed by atoms with Crippen molar-refractivity contribution >= 4 is 17.7 Å². The number of nitrogens with two attached hydrogens (primary N) is 1. The number of hydrogen-bond acceptors (Lipinski definition) is 4. The monoisotopic (exact) mass is 198 g/mol. The predicted molar refractivity (Wildman–Crippen MR) is 54.7 cm³/mol. The highest BCUT2D eigenvalue weighted by molar-refractivity contribution is 7.99. The van der Waals surface area contributed by atoms with Crippen LogP contribution in [0.25, 0.3) is 0 Å². The minimum absolute atomic E-state index is 0.146. The first-order valence-corrected chi connectivity index (χ1v) is 5.62. The molecule has 1 aromatic rings. The molecule has 1 aliphatic heterocycles. The fourth-order valence-corrected chi connectivity index (χ4v) is 2.89. The molecule has 4 nitrogen and oxygen atoms in total. The molecule has 0 saturated carbocycles. The number of thioether (sulfide) groups is 1. The average molecular weight is 198 g/mol. The highest BCUT2D eigenvalue weighted by Crippen LogP contribution is 2.35. The van der Waals surface area contributed by atoms with Crippen molar-refractivity contribution in [1.29, 1.82) is 0 Å². The zero-order valence-electron chi connectivity index (χ0n) is 7.71. The predicted octanol–water partition coefficient (Wildman–Crippen LogP) is 1.17. The fraction of sp³-hybridized carbons (Fsp3) is 0.750. The molecular formula is C8H14N4S. The van der Waals surface area contributed by atoms with Crippen molar-refractivity contribution in [1.82, 2.24) is 15.2 Å². The SMILES string of the molecule is CC1(c2nc(N)n[nH]2)CCCSC1. The minimum Gasteiger partial charge on any atom is -0.367 e. The molecule has 1 unspecified atom stereocenters. The number of nitrogens with zero attached hydrogens (tertiary/aromatic N) is 2. The van der Waals surface area contributed by atoms with E-state index in [1.807, 2.05) is 11.8 Å². The number of aromatic amines is 1. The number of rotatable bonds is 1. The highest BCUT2D eigenvalue weighted by atomic mass is 32.2. The summed E-state index contributed by atoms with van der Waals surface area (Å²) in [5, 5.41) is 6.79. The number of H-pyrrole nitrogens is 1. The van der Waals surface area contributed by atoms with Gasteiger partial charge < -0.3 is 5.73 Å². The van der Waals surface area contributed by atoms with Crippen LogP contribution in [0.1, 0.15) is 25.6 Å². The maximum atomic E-state index is 5.48. The Morgan fingerprint density at radius 2 is 2.46 bits per heavy atom. The summed E-state index contributed by atoms with van der Waals surface area (Å²) >= 11 is 1.98. The van der Waals surface area contributed by atoms with Gasteiger partial charge in [0.15, 0.2) is 0 Å². The molecule has 1 aromatic heterocycles. The second-order valence-electron chi connectivity index (χ2n) is 3.76. The Labute approximate surface area is 81.7 Å². The molecule has 5 heteroatoms. The molecule has 0 radical (unpaired) electrons. The van der Waals surface area contributed by atoms with Gasteiger partial charge in [-0.15, -0.1) is 5.10 Å². The summed E-state index contributed by atoms with van der Waals surface area (Å²) in [5.41, 5.74) is 5.63. The molecule has 0 bridgehead atoms. The fourth-order valence-electron chi connectivity index (χ4n) is 1.67. The molecule has 72 valence electrons. The topological polar surface area (TPSA) is 67.6 Å². The normalized spacial score (nSPS) is 29.0. The van der Waals surface area contributed by atoms with Gasteiger partial charge in [0.2, 0.25) is 5.95 Å². The van der Waals surface area contributed by atoms with E-state index in [1.54, 1.807) is 0 Å². The number of nitrogen functional groups attached to an aromatic ring is 1. The standard InChI is InChI=1S/C8H14N4S/c1-8(3-2-4-13-5-8)6-10-7(9)12-11-6/h2-5H2,1H3,(H3,9,10,11,12). The quantitative estimate of drug-likeness (QED) is 0.711. The van der Waals surface area contributed by atoms with Crippen molar-refractivity contribution in [2.75, 3.05) is 17.2 Å². The zero-order valence-corrected chi connectivity index (χ0v) is 8.52. The number of nitrogens with one attached hydrogen (secondary N) is 1. The van der Waals surface area contributed by atoms with Crippen molar-refractivity contribution in [3.8, 4) is 0 Å². The molecule has 1 atom stereocenters. The molecule has 0 aromatic carbocycles. The lowest BCUT2D eigenvalue weighted by atomic mass is 9.86. The third kappa shape index (κ3) is 1.65. The van der Waals surface area contributed by atoms with Gasteiger partial charge in [-0.05, 0) is 18.6 Å². The van der Waals surface area contributed by atoms with Gasteiger partial charge in [0.1, 0.15) is 5.82 Å². The van der Waals surface area contributed by atoms with Crippen LogP contribution in [-0.2, 0) is 5.41 Å². The van der Waals surface area contributed by atoms with Crippen molar-refractivity contribution < 1.29 is 0 Å². The summed E-state index contributed by atoms with van der Waals surface area (Å²) in [7, 11) is 0. The lowest BCUT2D eigenvalue weighted by molar-refractivity contribution is 0.446. The van der Waals surface area contributed by atoms with Crippen molar-refractivity contribution in [3.05, 3.63) is 5.82 Å². The van der Waals surface area contributed by atoms with Gasteiger partial charge in [-0.25, -0.2) is 0 Å². The van der Waals surface area contributed by atoms with Gasteiger partial charge >= 0.3 is 0 Å². The Hall–Kier alpha value is -0.710. The Morgan fingerprint density at radius 3 is 3.00 bits per heavy atom. The molecule has 0 amide bonds. The van der Waals surface area contributed by atoms with Gasteiger partial charge in [0.25, 0.3) is 0 Å². The largest absolute Gasteiger partial charge is 0.367 e. The number of anilines is 1. The van der Waals surface area contributed by atoms with E-state index in [2.05, 4.69) is 22.1 Å². The van der Waals surface area contributed by atoms with Crippen molar-refractivity contribution in [3.63, 3.8) is 0 Å². The van der Waals surface area contributed by atoms with E-state index in [1.165, 1.54) is 18.6 Å². The third-order valence-corrected chi connectivity index (χ3v) is 3.93. The first kappa shape index (κ1) is 8.87. The molecule has 3 N–H and O–H groups in total. The summed E-state index contributed by atoms with van der Waals surface area (Å²) in [5.74, 6) is 3.67. The average Bonchev–Trinajstić information content (AvgIpc) is 2.54. The molecule has 2 heterocycles. The van der Waals surface area contributed by atoms with E-state index >= 15 is 0 Å². The molecule has 1 aliphatic rings. The van der Waals surface area contributed by atoms with E-state index < -0.39 is 0 Å². The van der Waals surface area contributed by atoms with E-state index in [4.69, 9.17) is 5.73 Å². The summed E-state index contributed by atoms with van der Waals surface area (Å²) in [4.78, 5) is 4.20. The lowest BCUT2D eigenvalue weighted by Gasteiger charge is -2.30. The van der Waals surface area contributed by atoms with E-state index in [0.29, 0.717) is 5.95 Å². The molecule has 0 spiro atoms. The second-order valence-corrected chi connectivity index (χ2v) is 4.86. The molecule has 2 rings (SSSR count). The number of aromatic nitrogens is 3. The lowest BCUT2D eigenvalue weighted by Crippen LogP contribution is -2.30. The minimum atomic E-state index is 0.146. The smallest absolute Gasteiger partial charge is 0.239 e. The van der Waals surface area contributed by atoms with Crippen LogP contribution in [0, 0.1) is 0 Å². The van der Waals surface area contributed by atoms with Crippen LogP contribution in [0.4, 0.5) is 5.95 Å². The number of hydrogen-bond donors (Lipinski definition) is 2. The van der Waals surface area contributed by atoms with E-state index in [-0.39, 0.29) is 5.41 Å². The molecular weight excluding hydrogens is 184 g/mol. The first-order chi connectivity index (χ1) is 6.21. The van der Waals surface area contributed by atoms with Crippen LogP contribution >= 0.6 is 11.8 Å². The van der Waals surface area contributed by atoms with Gasteiger partial charge in [-0.1, -0.05) is 6.92 Å². The Bertz CT molecular complexity index is 290. The van der Waals surface area contributed by atoms with E-state index in [0.717, 1.165) is 11.6 Å². The van der Waals surface area contributed by atoms with Crippen LogP contribution < -0.4 is 5.73 Å². The summed E-state index contributed by atoms with van der Waals surface area (Å²) in [6.45, 7) is 2.22. The molecule has 1 saturated heterocycles.